The summed E-state index contributed by atoms with van der Waals surface area (Å²) in [7, 11) is 6.97. The molecule has 0 radical (unpaired) electrons. The number of thiazole rings is 1. The number of carbonyl (C=O) groups is 1. The second-order valence-electron chi connectivity index (χ2n) is 5.63. The minimum absolute atomic E-state index is 0.142. The molecule has 0 aliphatic heterocycles. The smallest absolute Gasteiger partial charge is 0.234 e. The Kier molecular flexibility index (Phi) is 5.97. The molecule has 0 saturated carbocycles. The number of nitrogens with zero attached hydrogens (tertiary/aromatic N) is 4. The Hall–Kier alpha value is -2.59. The lowest BCUT2D eigenvalue weighted by Crippen LogP contribution is -2.14. The van der Waals surface area contributed by atoms with Gasteiger partial charge in [-0.1, -0.05) is 23.1 Å². The van der Waals surface area contributed by atoms with Crippen molar-refractivity contribution in [2.24, 2.45) is 0 Å². The van der Waals surface area contributed by atoms with Gasteiger partial charge in [0, 0.05) is 25.8 Å². The van der Waals surface area contributed by atoms with Crippen molar-refractivity contribution in [1.82, 2.24) is 15.0 Å². The first-order chi connectivity index (χ1) is 13.0. The van der Waals surface area contributed by atoms with E-state index in [1.165, 1.54) is 29.4 Å². The molecule has 0 fully saturated rings. The molecular weight excluding hydrogens is 386 g/mol. The number of benzene rings is 1. The van der Waals surface area contributed by atoms with Crippen molar-refractivity contribution in [2.45, 2.75) is 5.03 Å². The highest BCUT2D eigenvalue weighted by Gasteiger charge is 2.14. The number of fused-ring (bicyclic) bond motifs is 1. The van der Waals surface area contributed by atoms with E-state index in [9.17, 15) is 4.79 Å². The third-order valence-electron chi connectivity index (χ3n) is 3.54. The topological polar surface area (TPSA) is 89.5 Å². The lowest BCUT2D eigenvalue weighted by atomic mass is 10.2. The fraction of sp³-hybridized carbons (Fsp3) is 0.294. The van der Waals surface area contributed by atoms with Crippen molar-refractivity contribution in [3.8, 4) is 11.5 Å². The minimum atomic E-state index is -0.142. The predicted octanol–water partition coefficient (Wildman–Crippen LogP) is 2.90. The second-order valence-corrected chi connectivity index (χ2v) is 7.57. The van der Waals surface area contributed by atoms with Crippen molar-refractivity contribution < 1.29 is 14.3 Å². The van der Waals surface area contributed by atoms with Crippen LogP contribution in [0.1, 0.15) is 0 Å². The van der Waals surface area contributed by atoms with Crippen LogP contribution in [0.3, 0.4) is 0 Å². The third kappa shape index (κ3) is 4.40. The number of hydrogen-bond acceptors (Lipinski definition) is 9. The van der Waals surface area contributed by atoms with Crippen LogP contribution in [-0.2, 0) is 4.79 Å². The summed E-state index contributed by atoms with van der Waals surface area (Å²) in [4.78, 5) is 27.2. The Morgan fingerprint density at radius 3 is 2.70 bits per heavy atom. The molecule has 0 atom stereocenters. The van der Waals surface area contributed by atoms with E-state index in [1.807, 2.05) is 19.0 Å². The van der Waals surface area contributed by atoms with Gasteiger partial charge >= 0.3 is 0 Å². The van der Waals surface area contributed by atoms with Gasteiger partial charge in [0.2, 0.25) is 5.91 Å². The van der Waals surface area contributed by atoms with Crippen LogP contribution in [0.4, 0.5) is 10.8 Å². The summed E-state index contributed by atoms with van der Waals surface area (Å²) in [5.41, 5.74) is 1.28. The van der Waals surface area contributed by atoms with Crippen molar-refractivity contribution in [3.05, 3.63) is 24.5 Å². The van der Waals surface area contributed by atoms with E-state index in [-0.39, 0.29) is 11.7 Å². The molecule has 0 unspecified atom stereocenters. The van der Waals surface area contributed by atoms with E-state index < -0.39 is 0 Å². The van der Waals surface area contributed by atoms with Crippen LogP contribution in [-0.4, -0.2) is 54.9 Å². The highest BCUT2D eigenvalue weighted by Crippen LogP contribution is 2.33. The van der Waals surface area contributed by atoms with Crippen molar-refractivity contribution >= 4 is 50.2 Å². The standard InChI is InChI=1S/C17H19N5O3S2/c1-22(2)17-21-15-14(27-17)16(19-9-18-15)26-8-13(23)20-10-5-6-11(24-3)12(7-10)25-4/h5-7,9H,8H2,1-4H3,(H,20,23). The molecule has 1 N–H and O–H groups in total. The van der Waals surface area contributed by atoms with E-state index in [1.54, 1.807) is 32.4 Å². The molecule has 142 valence electrons. The summed E-state index contributed by atoms with van der Waals surface area (Å²) < 4.78 is 11.3. The molecule has 1 amide bonds. The SMILES string of the molecule is COc1ccc(NC(=O)CSc2ncnc3nc(N(C)C)sc23)cc1OC. The van der Waals surface area contributed by atoms with E-state index in [4.69, 9.17) is 9.47 Å². The summed E-state index contributed by atoms with van der Waals surface area (Å²) in [6.45, 7) is 0. The summed E-state index contributed by atoms with van der Waals surface area (Å²) >= 11 is 2.86. The maximum Gasteiger partial charge on any atom is 0.234 e. The van der Waals surface area contributed by atoms with Gasteiger partial charge in [-0.05, 0) is 12.1 Å². The van der Waals surface area contributed by atoms with E-state index >= 15 is 0 Å². The number of rotatable bonds is 7. The highest BCUT2D eigenvalue weighted by atomic mass is 32.2. The molecule has 0 saturated heterocycles. The first-order valence-corrected chi connectivity index (χ1v) is 9.75. The van der Waals surface area contributed by atoms with Crippen molar-refractivity contribution in [3.63, 3.8) is 0 Å². The number of hydrogen-bond donors (Lipinski definition) is 1. The maximum absolute atomic E-state index is 12.3. The zero-order valence-corrected chi connectivity index (χ0v) is 17.0. The van der Waals surface area contributed by atoms with Gasteiger partial charge in [0.25, 0.3) is 0 Å². The molecule has 0 bridgehead atoms. The lowest BCUT2D eigenvalue weighted by Gasteiger charge is -2.10. The van der Waals surface area contributed by atoms with Crippen LogP contribution in [0.5, 0.6) is 11.5 Å². The molecule has 3 aromatic rings. The Labute approximate surface area is 164 Å². The molecule has 2 aromatic heterocycles. The van der Waals surface area contributed by atoms with Gasteiger partial charge in [0.15, 0.2) is 22.3 Å². The minimum Gasteiger partial charge on any atom is -0.493 e. The number of anilines is 2. The number of ether oxygens (including phenoxy) is 2. The predicted molar refractivity (Wildman–Crippen MR) is 108 cm³/mol. The van der Waals surface area contributed by atoms with Crippen LogP contribution >= 0.6 is 23.1 Å². The number of aromatic nitrogens is 3. The van der Waals surface area contributed by atoms with Gasteiger partial charge in [0.1, 0.15) is 16.1 Å². The van der Waals surface area contributed by atoms with E-state index in [2.05, 4.69) is 20.3 Å². The van der Waals surface area contributed by atoms with E-state index in [0.717, 1.165) is 14.9 Å². The van der Waals surface area contributed by atoms with Crippen molar-refractivity contribution in [1.29, 1.82) is 0 Å². The average molecular weight is 406 g/mol. The molecule has 8 nitrogen and oxygen atoms in total. The average Bonchev–Trinajstić information content (AvgIpc) is 3.11. The molecule has 27 heavy (non-hydrogen) atoms. The van der Waals surface area contributed by atoms with Crippen LogP contribution in [0.2, 0.25) is 0 Å². The summed E-state index contributed by atoms with van der Waals surface area (Å²) in [6, 6.07) is 5.23. The fourth-order valence-electron chi connectivity index (χ4n) is 2.26. The Balaban J connectivity index is 1.68. The van der Waals surface area contributed by atoms with Crippen LogP contribution in [0, 0.1) is 0 Å². The molecule has 0 aliphatic carbocycles. The van der Waals surface area contributed by atoms with Gasteiger partial charge < -0.3 is 19.7 Å². The Morgan fingerprint density at radius 2 is 2.00 bits per heavy atom. The molecule has 0 spiro atoms. The van der Waals surface area contributed by atoms with Crippen LogP contribution in [0.25, 0.3) is 10.3 Å². The summed E-state index contributed by atoms with van der Waals surface area (Å²) in [5.74, 6) is 1.24. The number of amides is 1. The Morgan fingerprint density at radius 1 is 1.22 bits per heavy atom. The highest BCUT2D eigenvalue weighted by molar-refractivity contribution is 8.00. The van der Waals surface area contributed by atoms with Gasteiger partial charge in [-0.3, -0.25) is 4.79 Å². The molecule has 2 heterocycles. The van der Waals surface area contributed by atoms with Crippen LogP contribution in [0.15, 0.2) is 29.6 Å². The first-order valence-electron chi connectivity index (χ1n) is 7.95. The normalized spacial score (nSPS) is 10.7. The quantitative estimate of drug-likeness (QED) is 0.474. The van der Waals surface area contributed by atoms with Gasteiger partial charge in [-0.15, -0.1) is 0 Å². The molecule has 10 heteroatoms. The molecule has 1 aromatic carbocycles. The molecule has 3 rings (SSSR count). The Bertz CT molecular complexity index is 961. The van der Waals surface area contributed by atoms with Crippen LogP contribution < -0.4 is 19.7 Å². The number of carbonyl (C=O) groups excluding carboxylic acids is 1. The molecule has 0 aliphatic rings. The fourth-order valence-corrected chi connectivity index (χ4v) is 4.07. The maximum atomic E-state index is 12.3. The summed E-state index contributed by atoms with van der Waals surface area (Å²) in [6.07, 6.45) is 1.47. The number of nitrogens with one attached hydrogen (secondary N) is 1. The number of thioether (sulfide) groups is 1. The third-order valence-corrected chi connectivity index (χ3v) is 5.87. The van der Waals surface area contributed by atoms with E-state index in [0.29, 0.717) is 22.8 Å². The van der Waals surface area contributed by atoms with Crippen molar-refractivity contribution in [2.75, 3.05) is 44.3 Å². The second kappa shape index (κ2) is 8.40. The van der Waals surface area contributed by atoms with Gasteiger partial charge in [0.05, 0.1) is 20.0 Å². The molecular formula is C17H19N5O3S2. The number of methoxy groups -OCH3 is 2. The zero-order chi connectivity index (χ0) is 19.4. The summed E-state index contributed by atoms with van der Waals surface area (Å²) in [5, 5.41) is 4.44. The largest absolute Gasteiger partial charge is 0.493 e. The lowest BCUT2D eigenvalue weighted by molar-refractivity contribution is -0.113. The monoisotopic (exact) mass is 405 g/mol. The zero-order valence-electron chi connectivity index (χ0n) is 15.3. The van der Waals surface area contributed by atoms with Gasteiger partial charge in [-0.25, -0.2) is 9.97 Å². The first kappa shape index (κ1) is 19.2. The van der Waals surface area contributed by atoms with Gasteiger partial charge in [-0.2, -0.15) is 4.98 Å².